The largest absolute Gasteiger partial charge is 0.493 e. The molecule has 0 aliphatic carbocycles. The summed E-state index contributed by atoms with van der Waals surface area (Å²) >= 11 is 0. The lowest BCUT2D eigenvalue weighted by molar-refractivity contribution is -0.146. The summed E-state index contributed by atoms with van der Waals surface area (Å²) < 4.78 is 16.3. The average Bonchev–Trinajstić information content (AvgIpc) is 3.26. The fourth-order valence-electron chi connectivity index (χ4n) is 3.39. The first-order valence-corrected chi connectivity index (χ1v) is 9.49. The van der Waals surface area contributed by atoms with Crippen LogP contribution in [0, 0.1) is 0 Å². The third-order valence-corrected chi connectivity index (χ3v) is 5.07. The summed E-state index contributed by atoms with van der Waals surface area (Å²) in [6.07, 6.45) is 1.37. The van der Waals surface area contributed by atoms with E-state index in [9.17, 15) is 14.4 Å². The van der Waals surface area contributed by atoms with Crippen LogP contribution in [0.4, 0.5) is 0 Å². The molecule has 2 fully saturated rings. The van der Waals surface area contributed by atoms with Crippen LogP contribution in [0.25, 0.3) is 0 Å². The van der Waals surface area contributed by atoms with E-state index < -0.39 is 0 Å². The molecule has 1 unspecified atom stereocenters. The Morgan fingerprint density at radius 2 is 1.82 bits per heavy atom. The maximum atomic E-state index is 12.5. The van der Waals surface area contributed by atoms with E-state index in [1.807, 2.05) is 0 Å². The minimum atomic E-state index is -0.323. The van der Waals surface area contributed by atoms with Crippen LogP contribution < -0.4 is 9.47 Å². The number of ketones is 1. The number of Topliss-reactive ketones (excluding diaryl/α,β-unsaturated/α-hetero) is 1. The van der Waals surface area contributed by atoms with Gasteiger partial charge in [-0.25, -0.2) is 0 Å². The highest BCUT2D eigenvalue weighted by molar-refractivity contribution is 5.94. The lowest BCUT2D eigenvalue weighted by Crippen LogP contribution is -2.53. The van der Waals surface area contributed by atoms with Crippen molar-refractivity contribution in [2.75, 3.05) is 46.5 Å². The van der Waals surface area contributed by atoms with Crippen LogP contribution in [0.5, 0.6) is 11.5 Å². The van der Waals surface area contributed by atoms with E-state index >= 15 is 0 Å². The van der Waals surface area contributed by atoms with Crippen LogP contribution in [0.1, 0.15) is 30.1 Å². The average molecular weight is 390 g/mol. The van der Waals surface area contributed by atoms with E-state index in [4.69, 9.17) is 14.2 Å². The highest BCUT2D eigenvalue weighted by Gasteiger charge is 2.31. The number of hydrogen-bond donors (Lipinski definition) is 0. The molecule has 28 heavy (non-hydrogen) atoms. The molecule has 2 aliphatic heterocycles. The summed E-state index contributed by atoms with van der Waals surface area (Å²) in [5, 5.41) is 0. The van der Waals surface area contributed by atoms with Crippen LogP contribution in [0.15, 0.2) is 18.2 Å². The van der Waals surface area contributed by atoms with Crippen molar-refractivity contribution in [2.24, 2.45) is 0 Å². The second kappa shape index (κ2) is 9.05. The van der Waals surface area contributed by atoms with Gasteiger partial charge in [-0.3, -0.25) is 14.4 Å². The maximum absolute atomic E-state index is 12.5. The van der Waals surface area contributed by atoms with Crippen LogP contribution in [-0.4, -0.2) is 80.0 Å². The van der Waals surface area contributed by atoms with Gasteiger partial charge in [-0.1, -0.05) is 0 Å². The number of benzene rings is 1. The Bertz CT molecular complexity index is 736. The van der Waals surface area contributed by atoms with Gasteiger partial charge in [0.05, 0.1) is 7.11 Å². The lowest BCUT2D eigenvalue weighted by atomic mass is 10.1. The predicted molar refractivity (Wildman–Crippen MR) is 101 cm³/mol. The first-order chi connectivity index (χ1) is 13.5. The minimum Gasteiger partial charge on any atom is -0.493 e. The van der Waals surface area contributed by atoms with Crippen molar-refractivity contribution >= 4 is 17.6 Å². The summed E-state index contributed by atoms with van der Waals surface area (Å²) in [6.45, 7) is 3.94. The number of carbonyl (C=O) groups excluding carboxylic acids is 3. The van der Waals surface area contributed by atoms with Gasteiger partial charge in [-0.05, 0) is 38.0 Å². The zero-order valence-corrected chi connectivity index (χ0v) is 16.3. The summed E-state index contributed by atoms with van der Waals surface area (Å²) in [5.41, 5.74) is 0.516. The van der Waals surface area contributed by atoms with E-state index in [1.54, 1.807) is 28.0 Å². The molecule has 2 amide bonds. The molecule has 0 spiro atoms. The van der Waals surface area contributed by atoms with Gasteiger partial charge in [-0.2, -0.15) is 0 Å². The Labute approximate surface area is 164 Å². The van der Waals surface area contributed by atoms with Gasteiger partial charge in [0.15, 0.2) is 23.9 Å². The molecule has 0 aromatic heterocycles. The highest BCUT2D eigenvalue weighted by Crippen LogP contribution is 2.28. The second-order valence-electron chi connectivity index (χ2n) is 6.92. The van der Waals surface area contributed by atoms with Crippen LogP contribution in [0.2, 0.25) is 0 Å². The van der Waals surface area contributed by atoms with Crippen LogP contribution in [0.3, 0.4) is 0 Å². The van der Waals surface area contributed by atoms with Crippen LogP contribution in [-0.2, 0) is 14.3 Å². The first-order valence-electron chi connectivity index (χ1n) is 9.49. The molecule has 0 N–H and O–H groups in total. The van der Waals surface area contributed by atoms with E-state index in [-0.39, 0.29) is 30.3 Å². The fraction of sp³-hybridized carbons (Fsp3) is 0.550. The van der Waals surface area contributed by atoms with Crippen molar-refractivity contribution in [3.8, 4) is 11.5 Å². The zero-order valence-electron chi connectivity index (χ0n) is 16.3. The maximum Gasteiger partial charge on any atom is 0.260 e. The molecule has 8 nitrogen and oxygen atoms in total. The number of ether oxygens (including phenoxy) is 3. The van der Waals surface area contributed by atoms with E-state index in [0.29, 0.717) is 49.8 Å². The van der Waals surface area contributed by atoms with Crippen molar-refractivity contribution in [2.45, 2.75) is 25.9 Å². The number of hydrogen-bond acceptors (Lipinski definition) is 6. The number of methoxy groups -OCH3 is 1. The number of nitrogens with zero attached hydrogens (tertiary/aromatic N) is 2. The molecule has 1 atom stereocenters. The van der Waals surface area contributed by atoms with Crippen molar-refractivity contribution in [3.63, 3.8) is 0 Å². The molecule has 1 aromatic carbocycles. The topological polar surface area (TPSA) is 85.4 Å². The second-order valence-corrected chi connectivity index (χ2v) is 6.92. The smallest absolute Gasteiger partial charge is 0.260 e. The van der Waals surface area contributed by atoms with Crippen molar-refractivity contribution in [3.05, 3.63) is 23.8 Å². The predicted octanol–water partition coefficient (Wildman–Crippen LogP) is 1.13. The van der Waals surface area contributed by atoms with E-state index in [2.05, 4.69) is 0 Å². The van der Waals surface area contributed by atoms with Gasteiger partial charge >= 0.3 is 0 Å². The third kappa shape index (κ3) is 4.62. The quantitative estimate of drug-likeness (QED) is 0.677. The Morgan fingerprint density at radius 1 is 1.11 bits per heavy atom. The summed E-state index contributed by atoms with van der Waals surface area (Å²) in [7, 11) is 1.48. The number of amides is 2. The van der Waals surface area contributed by atoms with E-state index in [1.165, 1.54) is 14.0 Å². The summed E-state index contributed by atoms with van der Waals surface area (Å²) in [6, 6.07) is 4.86. The number of piperazine rings is 1. The van der Waals surface area contributed by atoms with Gasteiger partial charge < -0.3 is 24.0 Å². The molecule has 8 heteroatoms. The summed E-state index contributed by atoms with van der Waals surface area (Å²) in [4.78, 5) is 39.7. The molecule has 0 bridgehead atoms. The molecule has 0 radical (unpaired) electrons. The molecule has 2 saturated heterocycles. The van der Waals surface area contributed by atoms with Crippen molar-refractivity contribution in [1.29, 1.82) is 0 Å². The Kier molecular flexibility index (Phi) is 6.51. The van der Waals surface area contributed by atoms with Crippen molar-refractivity contribution in [1.82, 2.24) is 9.80 Å². The minimum absolute atomic E-state index is 0.0242. The molecule has 1 aromatic rings. The number of rotatable bonds is 6. The van der Waals surface area contributed by atoms with Gasteiger partial charge in [-0.15, -0.1) is 0 Å². The SMILES string of the molecule is COc1cc(C(C)=O)ccc1OCC(=O)N1CCN(C(=O)C2CCCO2)CC1. The van der Waals surface area contributed by atoms with Crippen molar-refractivity contribution < 1.29 is 28.6 Å². The monoisotopic (exact) mass is 390 g/mol. The molecule has 2 aliphatic rings. The fourth-order valence-corrected chi connectivity index (χ4v) is 3.39. The van der Waals surface area contributed by atoms with Gasteiger partial charge in [0.1, 0.15) is 6.10 Å². The standard InChI is InChI=1S/C20H26N2O6/c1-14(23)15-5-6-16(18(12-15)26-2)28-13-19(24)21-7-9-22(10-8-21)20(25)17-4-3-11-27-17/h5-6,12,17H,3-4,7-11,13H2,1-2H3. The highest BCUT2D eigenvalue weighted by atomic mass is 16.5. The molecule has 152 valence electrons. The van der Waals surface area contributed by atoms with Gasteiger partial charge in [0.25, 0.3) is 11.8 Å². The normalized spacial score (nSPS) is 19.4. The van der Waals surface area contributed by atoms with Gasteiger partial charge in [0.2, 0.25) is 0 Å². The Balaban J connectivity index is 1.49. The first kappa shape index (κ1) is 20.1. The molecule has 2 heterocycles. The lowest BCUT2D eigenvalue weighted by Gasteiger charge is -2.35. The van der Waals surface area contributed by atoms with Gasteiger partial charge in [0, 0.05) is 38.3 Å². The van der Waals surface area contributed by atoms with Crippen LogP contribution >= 0.6 is 0 Å². The Hall–Kier alpha value is -2.61. The van der Waals surface area contributed by atoms with E-state index in [0.717, 1.165) is 12.8 Å². The molecular weight excluding hydrogens is 364 g/mol. The molecule has 3 rings (SSSR count). The number of carbonyl (C=O) groups is 3. The molecule has 0 saturated carbocycles. The third-order valence-electron chi connectivity index (χ3n) is 5.07. The summed E-state index contributed by atoms with van der Waals surface area (Å²) in [5.74, 6) is 0.620. The Morgan fingerprint density at radius 3 is 2.43 bits per heavy atom. The molecular formula is C20H26N2O6. The zero-order chi connectivity index (χ0) is 20.1.